The summed E-state index contributed by atoms with van der Waals surface area (Å²) in [4.78, 5) is 1.07. The maximum Gasteiger partial charge on any atom is 0.135 e. The first-order valence-corrected chi connectivity index (χ1v) is 8.12. The number of halogens is 2. The average molecular weight is 375 g/mol. The van der Waals surface area contributed by atoms with E-state index >= 15 is 0 Å². The Morgan fingerprint density at radius 2 is 2.25 bits per heavy atom. The molecule has 2 atom stereocenters. The van der Waals surface area contributed by atoms with Gasteiger partial charge in [-0.15, -0.1) is 11.3 Å². The van der Waals surface area contributed by atoms with E-state index in [0.717, 1.165) is 37.2 Å². The van der Waals surface area contributed by atoms with Crippen molar-refractivity contribution in [2.75, 3.05) is 7.11 Å². The SMILES string of the molecule is COc1ccc2c(c1)OC(c1cc(Br)c(Cl)s1)C[C@H]2N. The van der Waals surface area contributed by atoms with Crippen LogP contribution in [0.4, 0.5) is 0 Å². The van der Waals surface area contributed by atoms with Crippen LogP contribution in [0.15, 0.2) is 28.7 Å². The van der Waals surface area contributed by atoms with Gasteiger partial charge in [-0.3, -0.25) is 0 Å². The highest BCUT2D eigenvalue weighted by Crippen LogP contribution is 2.45. The molecule has 0 spiro atoms. The number of rotatable bonds is 2. The molecular formula is C14H13BrClNO2S. The summed E-state index contributed by atoms with van der Waals surface area (Å²) in [5, 5.41) is 0. The molecule has 1 aliphatic rings. The number of hydrogen-bond donors (Lipinski definition) is 1. The topological polar surface area (TPSA) is 44.5 Å². The number of hydrogen-bond acceptors (Lipinski definition) is 4. The van der Waals surface area contributed by atoms with Gasteiger partial charge in [-0.2, -0.15) is 0 Å². The molecule has 1 aromatic carbocycles. The molecule has 0 aliphatic carbocycles. The summed E-state index contributed by atoms with van der Waals surface area (Å²) in [6, 6.07) is 7.70. The molecule has 0 bridgehead atoms. The molecular weight excluding hydrogens is 362 g/mol. The minimum atomic E-state index is -0.0709. The molecule has 2 heterocycles. The zero-order chi connectivity index (χ0) is 14.3. The van der Waals surface area contributed by atoms with Crippen molar-refractivity contribution in [2.45, 2.75) is 18.6 Å². The molecule has 1 aromatic heterocycles. The number of ether oxygens (including phenoxy) is 2. The normalized spacial score (nSPS) is 21.2. The Morgan fingerprint density at radius 3 is 2.90 bits per heavy atom. The first-order chi connectivity index (χ1) is 9.58. The third-order valence-corrected chi connectivity index (χ3v) is 5.91. The van der Waals surface area contributed by atoms with Crippen molar-refractivity contribution in [3.05, 3.63) is 43.5 Å². The van der Waals surface area contributed by atoms with Crippen LogP contribution < -0.4 is 15.2 Å². The molecule has 0 fully saturated rings. The summed E-state index contributed by atoms with van der Waals surface area (Å²) in [7, 11) is 1.64. The quantitative estimate of drug-likeness (QED) is 0.829. The molecule has 20 heavy (non-hydrogen) atoms. The molecule has 2 N–H and O–H groups in total. The highest BCUT2D eigenvalue weighted by molar-refractivity contribution is 9.10. The molecule has 6 heteroatoms. The Bertz CT molecular complexity index is 627. The standard InChI is InChI=1S/C14H13BrClNO2S/c1-18-7-2-3-8-10(17)6-12(19-11(8)4-7)13-5-9(15)14(16)20-13/h2-5,10,12H,6,17H2,1H3/t10-,12?/m1/s1. The molecule has 0 radical (unpaired) electrons. The fraction of sp³-hybridized carbons (Fsp3) is 0.286. The van der Waals surface area contributed by atoms with Crippen molar-refractivity contribution in [2.24, 2.45) is 5.73 Å². The van der Waals surface area contributed by atoms with Gasteiger partial charge in [0.15, 0.2) is 0 Å². The monoisotopic (exact) mass is 373 g/mol. The first-order valence-electron chi connectivity index (χ1n) is 6.13. The number of methoxy groups -OCH3 is 1. The Balaban J connectivity index is 1.94. The second-order valence-electron chi connectivity index (χ2n) is 4.62. The van der Waals surface area contributed by atoms with E-state index in [-0.39, 0.29) is 12.1 Å². The largest absolute Gasteiger partial charge is 0.497 e. The lowest BCUT2D eigenvalue weighted by molar-refractivity contribution is 0.164. The van der Waals surface area contributed by atoms with Gasteiger partial charge < -0.3 is 15.2 Å². The summed E-state index contributed by atoms with van der Waals surface area (Å²) in [6.07, 6.45) is 0.668. The maximum atomic E-state index is 6.25. The minimum Gasteiger partial charge on any atom is -0.497 e. The van der Waals surface area contributed by atoms with Gasteiger partial charge in [-0.25, -0.2) is 0 Å². The van der Waals surface area contributed by atoms with Gasteiger partial charge in [0.05, 0.1) is 7.11 Å². The number of fused-ring (bicyclic) bond motifs is 1. The summed E-state index contributed by atoms with van der Waals surface area (Å²) >= 11 is 11.0. The van der Waals surface area contributed by atoms with Gasteiger partial charge in [0, 0.05) is 33.4 Å². The third kappa shape index (κ3) is 2.55. The van der Waals surface area contributed by atoms with Gasteiger partial charge in [-0.1, -0.05) is 17.7 Å². The van der Waals surface area contributed by atoms with E-state index in [1.54, 1.807) is 7.11 Å². The molecule has 3 rings (SSSR count). The van der Waals surface area contributed by atoms with Crippen molar-refractivity contribution >= 4 is 38.9 Å². The number of benzene rings is 1. The van der Waals surface area contributed by atoms with E-state index in [1.807, 2.05) is 24.3 Å². The van der Waals surface area contributed by atoms with Crippen molar-refractivity contribution < 1.29 is 9.47 Å². The van der Waals surface area contributed by atoms with Crippen LogP contribution in [0.25, 0.3) is 0 Å². The smallest absolute Gasteiger partial charge is 0.135 e. The fourth-order valence-electron chi connectivity index (χ4n) is 2.31. The van der Waals surface area contributed by atoms with Crippen molar-refractivity contribution in [1.29, 1.82) is 0 Å². The van der Waals surface area contributed by atoms with Crippen LogP contribution in [0.5, 0.6) is 11.5 Å². The van der Waals surface area contributed by atoms with Gasteiger partial charge in [0.1, 0.15) is 21.9 Å². The number of nitrogens with two attached hydrogens (primary N) is 1. The Kier molecular flexibility index (Phi) is 3.95. The predicted octanol–water partition coefficient (Wildman–Crippen LogP) is 4.70. The van der Waals surface area contributed by atoms with E-state index in [9.17, 15) is 0 Å². The van der Waals surface area contributed by atoms with E-state index in [0.29, 0.717) is 0 Å². The zero-order valence-corrected chi connectivity index (χ0v) is 13.9. The van der Waals surface area contributed by atoms with E-state index < -0.39 is 0 Å². The van der Waals surface area contributed by atoms with Crippen LogP contribution in [0.3, 0.4) is 0 Å². The summed E-state index contributed by atoms with van der Waals surface area (Å²) in [6.45, 7) is 0. The van der Waals surface area contributed by atoms with E-state index in [4.69, 9.17) is 26.8 Å². The molecule has 1 aliphatic heterocycles. The lowest BCUT2D eigenvalue weighted by Gasteiger charge is -2.30. The molecule has 0 amide bonds. The second-order valence-corrected chi connectivity index (χ2v) is 7.16. The number of thiophene rings is 1. The third-order valence-electron chi connectivity index (χ3n) is 3.34. The Morgan fingerprint density at radius 1 is 1.45 bits per heavy atom. The van der Waals surface area contributed by atoms with Gasteiger partial charge >= 0.3 is 0 Å². The van der Waals surface area contributed by atoms with E-state index in [1.165, 1.54) is 11.3 Å². The first kappa shape index (κ1) is 14.2. The van der Waals surface area contributed by atoms with Gasteiger partial charge in [0.25, 0.3) is 0 Å². The second kappa shape index (κ2) is 5.56. The fourth-order valence-corrected chi connectivity index (χ4v) is 4.08. The molecule has 0 saturated carbocycles. The lowest BCUT2D eigenvalue weighted by atomic mass is 9.96. The van der Waals surface area contributed by atoms with Crippen molar-refractivity contribution in [1.82, 2.24) is 0 Å². The average Bonchev–Trinajstić information content (AvgIpc) is 2.78. The van der Waals surface area contributed by atoms with Crippen LogP contribution in [0.1, 0.15) is 29.0 Å². The van der Waals surface area contributed by atoms with Crippen molar-refractivity contribution in [3.63, 3.8) is 0 Å². The minimum absolute atomic E-state index is 0.0469. The van der Waals surface area contributed by atoms with Crippen LogP contribution in [-0.2, 0) is 0 Å². The van der Waals surface area contributed by atoms with Gasteiger partial charge in [0.2, 0.25) is 0 Å². The Hall–Kier alpha value is -0.750. The summed E-state index contributed by atoms with van der Waals surface area (Å²) in [5.41, 5.74) is 7.27. The van der Waals surface area contributed by atoms with Gasteiger partial charge in [-0.05, 0) is 28.1 Å². The molecule has 106 valence electrons. The summed E-state index contributed by atoms with van der Waals surface area (Å²) < 4.78 is 12.9. The summed E-state index contributed by atoms with van der Waals surface area (Å²) in [5.74, 6) is 1.55. The zero-order valence-electron chi connectivity index (χ0n) is 10.7. The van der Waals surface area contributed by atoms with Crippen LogP contribution in [0.2, 0.25) is 4.34 Å². The molecule has 1 unspecified atom stereocenters. The predicted molar refractivity (Wildman–Crippen MR) is 84.9 cm³/mol. The molecule has 3 nitrogen and oxygen atoms in total. The van der Waals surface area contributed by atoms with Crippen LogP contribution in [0, 0.1) is 0 Å². The van der Waals surface area contributed by atoms with E-state index in [2.05, 4.69) is 15.9 Å². The van der Waals surface area contributed by atoms with Crippen LogP contribution in [-0.4, -0.2) is 7.11 Å². The highest BCUT2D eigenvalue weighted by Gasteiger charge is 2.29. The Labute approximate surface area is 134 Å². The van der Waals surface area contributed by atoms with Crippen LogP contribution >= 0.6 is 38.9 Å². The maximum absolute atomic E-state index is 6.25. The lowest BCUT2D eigenvalue weighted by Crippen LogP contribution is -2.23. The van der Waals surface area contributed by atoms with Crippen molar-refractivity contribution in [3.8, 4) is 11.5 Å². The molecule has 2 aromatic rings. The highest BCUT2D eigenvalue weighted by atomic mass is 79.9. The molecule has 0 saturated heterocycles.